The average Bonchev–Trinajstić information content (AvgIpc) is 2.82. The third-order valence-electron chi connectivity index (χ3n) is 3.24. The Kier molecular flexibility index (Phi) is 4.50. The molecule has 1 atom stereocenters. The van der Waals surface area contributed by atoms with Crippen molar-refractivity contribution in [2.75, 3.05) is 6.54 Å². The first-order valence-corrected chi connectivity index (χ1v) is 7.16. The summed E-state index contributed by atoms with van der Waals surface area (Å²) >= 11 is 0. The van der Waals surface area contributed by atoms with Gasteiger partial charge in [0.25, 0.3) is 0 Å². The van der Waals surface area contributed by atoms with E-state index in [1.807, 2.05) is 45.0 Å². The van der Waals surface area contributed by atoms with E-state index in [1.165, 1.54) is 0 Å². The van der Waals surface area contributed by atoms with E-state index < -0.39 is 11.7 Å². The highest BCUT2D eigenvalue weighted by atomic mass is 16.6. The van der Waals surface area contributed by atoms with Gasteiger partial charge in [0.15, 0.2) is 0 Å². The molecule has 1 aromatic carbocycles. The fourth-order valence-electron chi connectivity index (χ4n) is 2.29. The number of rotatable bonds is 3. The Hall–Kier alpha value is -2.04. The van der Waals surface area contributed by atoms with Gasteiger partial charge in [0.1, 0.15) is 5.60 Å². The molecule has 0 aliphatic carbocycles. The molecule has 1 saturated heterocycles. The summed E-state index contributed by atoms with van der Waals surface area (Å²) in [5.74, 6) is 0.316. The lowest BCUT2D eigenvalue weighted by atomic mass is 9.96. The topological polar surface area (TPSA) is 67.4 Å². The van der Waals surface area contributed by atoms with Crippen LogP contribution >= 0.6 is 0 Å². The summed E-state index contributed by atoms with van der Waals surface area (Å²) in [7, 11) is 0. The van der Waals surface area contributed by atoms with E-state index in [4.69, 9.17) is 4.74 Å². The van der Waals surface area contributed by atoms with E-state index in [0.29, 0.717) is 19.5 Å². The minimum atomic E-state index is -0.498. The summed E-state index contributed by atoms with van der Waals surface area (Å²) in [6, 6.07) is 7.94. The molecule has 1 aromatic rings. The van der Waals surface area contributed by atoms with Crippen LogP contribution in [0.3, 0.4) is 0 Å². The minimum absolute atomic E-state index is 0.0947. The molecule has 1 unspecified atom stereocenters. The highest BCUT2D eigenvalue weighted by Gasteiger charge is 2.23. The second-order valence-corrected chi connectivity index (χ2v) is 6.31. The zero-order valence-electron chi connectivity index (χ0n) is 12.7. The van der Waals surface area contributed by atoms with Crippen LogP contribution in [-0.2, 0) is 16.1 Å². The third kappa shape index (κ3) is 4.77. The molecule has 1 aliphatic rings. The maximum absolute atomic E-state index is 11.6. The molecular formula is C16H22N2O3. The number of carbonyl (C=O) groups excluding carboxylic acids is 2. The molecule has 0 bridgehead atoms. The molecule has 2 rings (SSSR count). The van der Waals surface area contributed by atoms with Crippen molar-refractivity contribution in [1.82, 2.24) is 10.6 Å². The summed E-state index contributed by atoms with van der Waals surface area (Å²) in [5.41, 5.74) is 1.62. The maximum Gasteiger partial charge on any atom is 0.407 e. The van der Waals surface area contributed by atoms with Crippen LogP contribution in [0.25, 0.3) is 0 Å². The Bertz CT molecular complexity index is 535. The quantitative estimate of drug-likeness (QED) is 0.897. The van der Waals surface area contributed by atoms with Gasteiger partial charge < -0.3 is 15.4 Å². The van der Waals surface area contributed by atoms with Crippen LogP contribution in [0.4, 0.5) is 4.79 Å². The Balaban J connectivity index is 1.92. The summed E-state index contributed by atoms with van der Waals surface area (Å²) in [5, 5.41) is 5.57. The van der Waals surface area contributed by atoms with Crippen molar-refractivity contribution in [1.29, 1.82) is 0 Å². The smallest absolute Gasteiger partial charge is 0.407 e. The number of hydrogen-bond acceptors (Lipinski definition) is 3. The van der Waals surface area contributed by atoms with Crippen LogP contribution in [0.1, 0.15) is 44.2 Å². The zero-order chi connectivity index (χ0) is 15.5. The maximum atomic E-state index is 11.6. The monoisotopic (exact) mass is 290 g/mol. The van der Waals surface area contributed by atoms with Gasteiger partial charge in [0.05, 0.1) is 0 Å². The Morgan fingerprint density at radius 1 is 1.43 bits per heavy atom. The van der Waals surface area contributed by atoms with Gasteiger partial charge in [-0.2, -0.15) is 0 Å². The lowest BCUT2D eigenvalue weighted by Crippen LogP contribution is -2.32. The van der Waals surface area contributed by atoms with Crippen molar-refractivity contribution >= 4 is 12.0 Å². The number of ether oxygens (including phenoxy) is 1. The first kappa shape index (κ1) is 15.4. The number of hydrogen-bond donors (Lipinski definition) is 2. The SMILES string of the molecule is CC(C)(C)OC(=O)NCc1cccc(C2CNC(=O)C2)c1. The standard InChI is InChI=1S/C16H22N2O3/c1-16(2,3)21-15(20)18-9-11-5-4-6-12(7-11)13-8-14(19)17-10-13/h4-7,13H,8-10H2,1-3H3,(H,17,19)(H,18,20). The number of carbonyl (C=O) groups is 2. The van der Waals surface area contributed by atoms with Crippen molar-refractivity contribution in [3.63, 3.8) is 0 Å². The number of nitrogens with one attached hydrogen (secondary N) is 2. The van der Waals surface area contributed by atoms with E-state index in [2.05, 4.69) is 10.6 Å². The molecule has 2 N–H and O–H groups in total. The molecule has 0 saturated carbocycles. The molecule has 1 aliphatic heterocycles. The van der Waals surface area contributed by atoms with Crippen molar-refractivity contribution in [2.45, 2.75) is 45.3 Å². The van der Waals surface area contributed by atoms with Gasteiger partial charge in [-0.15, -0.1) is 0 Å². The largest absolute Gasteiger partial charge is 0.444 e. The molecule has 0 spiro atoms. The highest BCUT2D eigenvalue weighted by molar-refractivity contribution is 5.79. The van der Waals surface area contributed by atoms with Crippen molar-refractivity contribution in [2.24, 2.45) is 0 Å². The van der Waals surface area contributed by atoms with Gasteiger partial charge in [-0.1, -0.05) is 24.3 Å². The van der Waals surface area contributed by atoms with Crippen LogP contribution in [0.15, 0.2) is 24.3 Å². The van der Waals surface area contributed by atoms with E-state index in [-0.39, 0.29) is 11.8 Å². The number of alkyl carbamates (subject to hydrolysis) is 1. The molecule has 5 heteroatoms. The number of benzene rings is 1. The van der Waals surface area contributed by atoms with Gasteiger partial charge >= 0.3 is 6.09 Å². The lowest BCUT2D eigenvalue weighted by molar-refractivity contribution is -0.119. The highest BCUT2D eigenvalue weighted by Crippen LogP contribution is 2.23. The van der Waals surface area contributed by atoms with E-state index in [9.17, 15) is 9.59 Å². The van der Waals surface area contributed by atoms with Gasteiger partial charge in [0.2, 0.25) is 5.91 Å². The number of amides is 2. The lowest BCUT2D eigenvalue weighted by Gasteiger charge is -2.19. The molecule has 0 aromatic heterocycles. The van der Waals surface area contributed by atoms with Crippen LogP contribution < -0.4 is 10.6 Å². The minimum Gasteiger partial charge on any atom is -0.444 e. The molecule has 5 nitrogen and oxygen atoms in total. The van der Waals surface area contributed by atoms with Crippen LogP contribution in [0.2, 0.25) is 0 Å². The van der Waals surface area contributed by atoms with E-state index in [1.54, 1.807) is 0 Å². The van der Waals surface area contributed by atoms with Crippen molar-refractivity contribution in [3.05, 3.63) is 35.4 Å². The first-order valence-electron chi connectivity index (χ1n) is 7.16. The second kappa shape index (κ2) is 6.16. The third-order valence-corrected chi connectivity index (χ3v) is 3.24. The van der Waals surface area contributed by atoms with Crippen LogP contribution in [0.5, 0.6) is 0 Å². The van der Waals surface area contributed by atoms with Gasteiger partial charge in [-0.05, 0) is 31.9 Å². The fraction of sp³-hybridized carbons (Fsp3) is 0.500. The zero-order valence-corrected chi connectivity index (χ0v) is 12.7. The molecule has 0 radical (unpaired) electrons. The van der Waals surface area contributed by atoms with Crippen molar-refractivity contribution < 1.29 is 14.3 Å². The van der Waals surface area contributed by atoms with Crippen molar-refractivity contribution in [3.8, 4) is 0 Å². The second-order valence-electron chi connectivity index (χ2n) is 6.31. The Morgan fingerprint density at radius 3 is 2.81 bits per heavy atom. The molecule has 1 fully saturated rings. The molecule has 21 heavy (non-hydrogen) atoms. The van der Waals surface area contributed by atoms with Gasteiger partial charge in [-0.3, -0.25) is 4.79 Å². The summed E-state index contributed by atoms with van der Waals surface area (Å²) in [6.07, 6.45) is 0.105. The Morgan fingerprint density at radius 2 is 2.19 bits per heavy atom. The van der Waals surface area contributed by atoms with Crippen LogP contribution in [-0.4, -0.2) is 24.1 Å². The predicted molar refractivity (Wildman–Crippen MR) is 79.9 cm³/mol. The Labute approximate surface area is 125 Å². The van der Waals surface area contributed by atoms with Gasteiger partial charge in [0, 0.05) is 25.4 Å². The molecular weight excluding hydrogens is 268 g/mol. The summed E-state index contributed by atoms with van der Waals surface area (Å²) in [6.45, 7) is 6.59. The predicted octanol–water partition coefficient (Wildman–Crippen LogP) is 2.31. The van der Waals surface area contributed by atoms with Crippen LogP contribution in [0, 0.1) is 0 Å². The van der Waals surface area contributed by atoms with E-state index >= 15 is 0 Å². The normalized spacial score (nSPS) is 18.2. The summed E-state index contributed by atoms with van der Waals surface area (Å²) < 4.78 is 5.20. The van der Waals surface area contributed by atoms with Gasteiger partial charge in [-0.25, -0.2) is 4.79 Å². The molecule has 114 valence electrons. The average molecular weight is 290 g/mol. The molecule has 1 heterocycles. The first-order chi connectivity index (χ1) is 9.83. The fourth-order valence-corrected chi connectivity index (χ4v) is 2.29. The molecule has 2 amide bonds. The summed E-state index contributed by atoms with van der Waals surface area (Å²) in [4.78, 5) is 22.9. The van der Waals surface area contributed by atoms with E-state index in [0.717, 1.165) is 11.1 Å².